The van der Waals surface area contributed by atoms with E-state index >= 15 is 0 Å². The van der Waals surface area contributed by atoms with Crippen LogP contribution in [0.15, 0.2) is 0 Å². The molecule has 0 aliphatic rings. The van der Waals surface area contributed by atoms with E-state index in [-0.39, 0.29) is 0 Å². The van der Waals surface area contributed by atoms with Crippen LogP contribution in [0.4, 0.5) is 35.1 Å². The second kappa shape index (κ2) is 4.88. The molecule has 0 radical (unpaired) electrons. The van der Waals surface area contributed by atoms with Crippen molar-refractivity contribution in [3.05, 3.63) is 0 Å². The van der Waals surface area contributed by atoms with E-state index in [1.165, 1.54) is 15.9 Å². The lowest BCUT2D eigenvalue weighted by Crippen LogP contribution is -2.65. The Labute approximate surface area is 117 Å². The molecule has 0 spiro atoms. The summed E-state index contributed by atoms with van der Waals surface area (Å²) in [5.74, 6) is -5.57. The van der Waals surface area contributed by atoms with E-state index in [0.717, 1.165) is 0 Å². The molecule has 0 aromatic carbocycles. The molecule has 3 atom stereocenters. The molecule has 12 heteroatoms. The third-order valence-corrected chi connectivity index (χ3v) is 4.43. The van der Waals surface area contributed by atoms with Crippen LogP contribution >= 0.6 is 43.5 Å². The Morgan fingerprint density at radius 2 is 1.22 bits per heavy atom. The van der Waals surface area contributed by atoms with Crippen molar-refractivity contribution in [3.63, 3.8) is 0 Å². The van der Waals surface area contributed by atoms with Gasteiger partial charge in [-0.1, -0.05) is 11.6 Å². The molecule has 0 bridgehead atoms. The maximum absolute atomic E-state index is 13.4. The van der Waals surface area contributed by atoms with E-state index in [0.29, 0.717) is 0 Å². The Kier molecular flexibility index (Phi) is 5.06. The average Bonchev–Trinajstić information content (AvgIpc) is 2.15. The minimum atomic E-state index is -6.23. The van der Waals surface area contributed by atoms with Crippen molar-refractivity contribution >= 4 is 43.5 Å². The zero-order valence-electron chi connectivity index (χ0n) is 7.94. The first-order valence-corrected chi connectivity index (χ1v) is 5.80. The molecule has 0 fully saturated rings. The fourth-order valence-corrected chi connectivity index (χ4v) is 1.93. The molecule has 3 unspecified atom stereocenters. The number of hydrogen-bond acceptors (Lipinski definition) is 1. The first-order chi connectivity index (χ1) is 7.56. The van der Waals surface area contributed by atoms with Gasteiger partial charge in [-0.05, 0) is 31.9 Å². The van der Waals surface area contributed by atoms with Crippen LogP contribution in [0.1, 0.15) is 0 Å². The zero-order valence-corrected chi connectivity index (χ0v) is 11.9. The Morgan fingerprint density at radius 3 is 1.44 bits per heavy atom. The van der Waals surface area contributed by atoms with Crippen LogP contribution in [0.2, 0.25) is 0 Å². The number of halogens is 11. The highest BCUT2D eigenvalue weighted by molar-refractivity contribution is 9.10. The predicted molar refractivity (Wildman–Crippen MR) is 55.3 cm³/mol. The highest BCUT2D eigenvalue weighted by atomic mass is 79.9. The molecular formula is C6H4Br2ClF8N. The van der Waals surface area contributed by atoms with Crippen molar-refractivity contribution in [2.24, 2.45) is 5.73 Å². The van der Waals surface area contributed by atoms with Crippen LogP contribution in [-0.4, -0.2) is 32.9 Å². The van der Waals surface area contributed by atoms with Crippen molar-refractivity contribution < 1.29 is 35.1 Å². The lowest BCUT2D eigenvalue weighted by atomic mass is 10.0. The third-order valence-electron chi connectivity index (χ3n) is 1.86. The fourth-order valence-electron chi connectivity index (χ4n) is 0.733. The maximum Gasteiger partial charge on any atom is 0.441 e. The van der Waals surface area contributed by atoms with Crippen LogP contribution < -0.4 is 5.73 Å². The molecule has 110 valence electrons. The average molecular weight is 437 g/mol. The highest BCUT2D eigenvalue weighted by Gasteiger charge is 2.81. The Balaban J connectivity index is 5.80. The molecule has 18 heavy (non-hydrogen) atoms. The highest BCUT2D eigenvalue weighted by Crippen LogP contribution is 2.61. The SMILES string of the molecule is NCC(F)(Br)C(F)(F)C(F)(Br)C(F)(Cl)C(F)(F)F. The Bertz CT molecular complexity index is 315. The predicted octanol–water partition coefficient (Wildman–Crippen LogP) is 4.17. The molecule has 0 saturated carbocycles. The molecule has 2 N–H and O–H groups in total. The number of hydrogen-bond donors (Lipinski definition) is 1. The van der Waals surface area contributed by atoms with E-state index in [9.17, 15) is 35.1 Å². The summed E-state index contributed by atoms with van der Waals surface area (Å²) in [4.78, 5) is 0. The second-order valence-electron chi connectivity index (χ2n) is 3.13. The van der Waals surface area contributed by atoms with Gasteiger partial charge in [-0.3, -0.25) is 0 Å². The van der Waals surface area contributed by atoms with Crippen LogP contribution in [0, 0.1) is 0 Å². The Morgan fingerprint density at radius 1 is 0.889 bits per heavy atom. The molecule has 0 aromatic heterocycles. The molecule has 0 aliphatic carbocycles. The van der Waals surface area contributed by atoms with Gasteiger partial charge in [0.1, 0.15) is 0 Å². The number of rotatable bonds is 4. The minimum absolute atomic E-state index is 1.17. The van der Waals surface area contributed by atoms with Crippen LogP contribution in [-0.2, 0) is 0 Å². The summed E-state index contributed by atoms with van der Waals surface area (Å²) >= 11 is 6.89. The minimum Gasteiger partial charge on any atom is -0.327 e. The van der Waals surface area contributed by atoms with E-state index in [4.69, 9.17) is 0 Å². The maximum atomic E-state index is 13.4. The van der Waals surface area contributed by atoms with Crippen LogP contribution in [0.25, 0.3) is 0 Å². The van der Waals surface area contributed by atoms with Gasteiger partial charge < -0.3 is 5.73 Å². The summed E-state index contributed by atoms with van der Waals surface area (Å²) in [7, 11) is 0. The van der Waals surface area contributed by atoms with Crippen molar-refractivity contribution in [2.75, 3.05) is 6.54 Å². The summed E-state index contributed by atoms with van der Waals surface area (Å²) in [6.45, 7) is -1.64. The number of nitrogens with two attached hydrogens (primary N) is 1. The molecule has 1 nitrogen and oxygen atoms in total. The lowest BCUT2D eigenvalue weighted by molar-refractivity contribution is -0.265. The third kappa shape index (κ3) is 2.59. The molecule has 0 aromatic rings. The van der Waals surface area contributed by atoms with Gasteiger partial charge in [0, 0.05) is 6.54 Å². The quantitative estimate of drug-likeness (QED) is 0.519. The van der Waals surface area contributed by atoms with Gasteiger partial charge in [-0.15, -0.1) is 0 Å². The molecule has 0 rings (SSSR count). The topological polar surface area (TPSA) is 26.0 Å². The lowest BCUT2D eigenvalue weighted by Gasteiger charge is -2.40. The summed E-state index contributed by atoms with van der Waals surface area (Å²) in [6.07, 6.45) is -6.23. The fraction of sp³-hybridized carbons (Fsp3) is 1.00. The molecule has 0 aliphatic heterocycles. The van der Waals surface area contributed by atoms with Gasteiger partial charge in [-0.25, -0.2) is 13.2 Å². The summed E-state index contributed by atoms with van der Waals surface area (Å²) < 4.78 is 93.0. The van der Waals surface area contributed by atoms with Gasteiger partial charge in [0.2, 0.25) is 4.58 Å². The van der Waals surface area contributed by atoms with Gasteiger partial charge in [-0.2, -0.15) is 22.0 Å². The smallest absolute Gasteiger partial charge is 0.327 e. The number of alkyl halides is 11. The first kappa shape index (κ1) is 18.7. The Hall–Kier alpha value is 0.650. The second-order valence-corrected chi connectivity index (χ2v) is 6.00. The van der Waals surface area contributed by atoms with E-state index < -0.39 is 32.9 Å². The van der Waals surface area contributed by atoms with Crippen molar-refractivity contribution in [3.8, 4) is 0 Å². The van der Waals surface area contributed by atoms with Crippen molar-refractivity contribution in [2.45, 2.75) is 26.4 Å². The summed E-state index contributed by atoms with van der Waals surface area (Å²) in [5, 5.41) is -5.58. The summed E-state index contributed by atoms with van der Waals surface area (Å²) in [6, 6.07) is 0. The normalized spacial score (nSPS) is 24.0. The standard InChI is InChI=1S/C6H4Br2ClF8N/c7-2(10,1-18)5(13,14)3(8,11)4(9,12)6(15,16)17/h1,18H2. The van der Waals surface area contributed by atoms with Gasteiger partial charge in [0.05, 0.1) is 0 Å². The van der Waals surface area contributed by atoms with E-state index in [1.54, 1.807) is 15.9 Å². The largest absolute Gasteiger partial charge is 0.441 e. The molecular weight excluding hydrogens is 433 g/mol. The van der Waals surface area contributed by atoms with Gasteiger partial charge in [0.25, 0.3) is 4.58 Å². The molecule has 0 saturated heterocycles. The molecule has 0 heterocycles. The van der Waals surface area contributed by atoms with Crippen molar-refractivity contribution in [1.29, 1.82) is 0 Å². The van der Waals surface area contributed by atoms with E-state index in [1.807, 2.05) is 0 Å². The van der Waals surface area contributed by atoms with Crippen LogP contribution in [0.3, 0.4) is 0 Å². The first-order valence-electron chi connectivity index (χ1n) is 3.84. The monoisotopic (exact) mass is 435 g/mol. The summed E-state index contributed by atoms with van der Waals surface area (Å²) in [5.41, 5.74) is 4.51. The van der Waals surface area contributed by atoms with Crippen LogP contribution in [0.5, 0.6) is 0 Å². The van der Waals surface area contributed by atoms with Gasteiger partial charge >= 0.3 is 17.2 Å². The van der Waals surface area contributed by atoms with Crippen molar-refractivity contribution in [1.82, 2.24) is 0 Å². The molecule has 0 amide bonds. The zero-order chi connectivity index (χ0) is 15.2. The van der Waals surface area contributed by atoms with E-state index in [2.05, 4.69) is 17.3 Å². The van der Waals surface area contributed by atoms with Gasteiger partial charge in [0.15, 0.2) is 0 Å².